The summed E-state index contributed by atoms with van der Waals surface area (Å²) in [5, 5.41) is 39.4. The maximum atomic E-state index is 13.6. The number of aliphatic hydroxyl groups is 3. The van der Waals surface area contributed by atoms with Gasteiger partial charge >= 0.3 is 5.97 Å². The van der Waals surface area contributed by atoms with Crippen molar-refractivity contribution in [3.63, 3.8) is 0 Å². The summed E-state index contributed by atoms with van der Waals surface area (Å²) < 4.78 is 13.6. The summed E-state index contributed by atoms with van der Waals surface area (Å²) in [4.78, 5) is 10.5. The highest BCUT2D eigenvalue weighted by Crippen LogP contribution is 2.39. The molecule has 1 aromatic carbocycles. The van der Waals surface area contributed by atoms with Crippen LogP contribution in [0.1, 0.15) is 63.4 Å². The van der Waals surface area contributed by atoms with Crippen molar-refractivity contribution in [2.75, 3.05) is 0 Å². The number of carbonyl (C=O) groups is 1. The molecule has 1 fully saturated rings. The molecule has 0 aliphatic heterocycles. The van der Waals surface area contributed by atoms with E-state index in [1.165, 1.54) is 6.07 Å². The number of benzene rings is 1. The Bertz CT molecular complexity index is 711. The van der Waals surface area contributed by atoms with Gasteiger partial charge in [0.1, 0.15) is 11.9 Å². The third kappa shape index (κ3) is 7.77. The summed E-state index contributed by atoms with van der Waals surface area (Å²) in [5.74, 6) is 3.96. The Balaban J connectivity index is 1.79. The van der Waals surface area contributed by atoms with E-state index in [0.29, 0.717) is 25.7 Å². The second-order valence-electron chi connectivity index (χ2n) is 7.89. The molecule has 0 heterocycles. The minimum Gasteiger partial charge on any atom is -0.481 e. The summed E-state index contributed by atoms with van der Waals surface area (Å²) in [6.45, 7) is 0. The van der Waals surface area contributed by atoms with Crippen molar-refractivity contribution in [1.29, 1.82) is 0 Å². The molecule has 0 aromatic heterocycles. The van der Waals surface area contributed by atoms with Gasteiger partial charge in [0.25, 0.3) is 0 Å². The van der Waals surface area contributed by atoms with Crippen molar-refractivity contribution in [2.24, 2.45) is 11.8 Å². The topological polar surface area (TPSA) is 98.0 Å². The van der Waals surface area contributed by atoms with E-state index in [9.17, 15) is 24.5 Å². The quantitative estimate of drug-likeness (QED) is 0.354. The molecule has 0 bridgehead atoms. The van der Waals surface area contributed by atoms with Crippen LogP contribution in [0, 0.1) is 29.5 Å². The molecule has 1 aliphatic rings. The number of unbranched alkanes of at least 4 members (excludes halogenated alkanes) is 3. The molecular weight excluding hydrogens is 375 g/mol. The van der Waals surface area contributed by atoms with Gasteiger partial charge in [0.2, 0.25) is 0 Å². The smallest absolute Gasteiger partial charge is 0.303 e. The first-order chi connectivity index (χ1) is 13.9. The number of carboxylic acids is 1. The molecule has 29 heavy (non-hydrogen) atoms. The van der Waals surface area contributed by atoms with Crippen LogP contribution < -0.4 is 0 Å². The largest absolute Gasteiger partial charge is 0.481 e. The number of hydrogen-bond acceptors (Lipinski definition) is 4. The fraction of sp³-hybridized carbons (Fsp3) is 0.609. The molecule has 6 heteroatoms. The average molecular weight is 406 g/mol. The van der Waals surface area contributed by atoms with Gasteiger partial charge in [0.15, 0.2) is 0 Å². The molecule has 160 valence electrons. The molecule has 0 spiro atoms. The summed E-state index contributed by atoms with van der Waals surface area (Å²) in [5.41, 5.74) is 0.239. The van der Waals surface area contributed by atoms with Gasteiger partial charge in [-0.05, 0) is 56.1 Å². The molecule has 1 saturated carbocycles. The normalized spacial score (nSPS) is 24.7. The van der Waals surface area contributed by atoms with Crippen molar-refractivity contribution in [1.82, 2.24) is 0 Å². The monoisotopic (exact) mass is 406 g/mol. The Morgan fingerprint density at radius 1 is 1.07 bits per heavy atom. The number of aliphatic hydroxyl groups excluding tert-OH is 3. The minimum absolute atomic E-state index is 0.0313. The number of rotatable bonds is 10. The molecule has 1 unspecified atom stereocenters. The lowest BCUT2D eigenvalue weighted by Crippen LogP contribution is -2.23. The Hall–Kier alpha value is -1.94. The zero-order valence-corrected chi connectivity index (χ0v) is 16.6. The van der Waals surface area contributed by atoms with Crippen LogP contribution in [0.5, 0.6) is 0 Å². The van der Waals surface area contributed by atoms with Gasteiger partial charge in [-0.15, -0.1) is 0 Å². The summed E-state index contributed by atoms with van der Waals surface area (Å²) >= 11 is 0. The van der Waals surface area contributed by atoms with E-state index in [1.54, 1.807) is 18.2 Å². The Morgan fingerprint density at radius 3 is 2.41 bits per heavy atom. The molecular formula is C23H31FO5. The third-order valence-electron chi connectivity index (χ3n) is 5.72. The SMILES string of the molecule is O=C(O)CCCCCCC1[C@@H](CC[C@@H](O)C#Cc2ccccc2F)[C@H](O)C[C@@H]1O. The van der Waals surface area contributed by atoms with Gasteiger partial charge in [-0.25, -0.2) is 4.39 Å². The predicted octanol–water partition coefficient (Wildman–Crippen LogP) is 3.10. The fourth-order valence-corrected chi connectivity index (χ4v) is 4.14. The highest BCUT2D eigenvalue weighted by Gasteiger charge is 2.40. The van der Waals surface area contributed by atoms with Crippen molar-refractivity contribution >= 4 is 5.97 Å². The maximum absolute atomic E-state index is 13.6. The molecule has 0 amide bonds. The zero-order chi connectivity index (χ0) is 21.2. The number of aliphatic carboxylic acids is 1. The number of hydrogen-bond donors (Lipinski definition) is 4. The molecule has 2 rings (SSSR count). The Morgan fingerprint density at radius 2 is 1.72 bits per heavy atom. The Kier molecular flexibility index (Phi) is 9.59. The van der Waals surface area contributed by atoms with E-state index in [0.717, 1.165) is 25.7 Å². The van der Waals surface area contributed by atoms with Crippen molar-refractivity contribution in [3.05, 3.63) is 35.6 Å². The van der Waals surface area contributed by atoms with Crippen LogP contribution in [0.2, 0.25) is 0 Å². The van der Waals surface area contributed by atoms with Crippen molar-refractivity contribution in [2.45, 2.75) is 76.1 Å². The lowest BCUT2D eigenvalue weighted by molar-refractivity contribution is -0.137. The standard InChI is InChI=1S/C23H31FO5/c24-20-9-6-5-7-16(20)11-12-17(25)13-14-19-18(21(26)15-22(19)27)8-3-1-2-4-10-23(28)29/h5-7,9,17-19,21-22,25-27H,1-4,8,10,13-15H2,(H,28,29)/t17-,18?,19+,21-,22+/m0/s1. The van der Waals surface area contributed by atoms with Crippen LogP contribution in [0.3, 0.4) is 0 Å². The minimum atomic E-state index is -0.920. The van der Waals surface area contributed by atoms with E-state index in [-0.39, 0.29) is 23.8 Å². The fourth-order valence-electron chi connectivity index (χ4n) is 4.14. The number of halogens is 1. The lowest BCUT2D eigenvalue weighted by Gasteiger charge is -2.24. The summed E-state index contributed by atoms with van der Waals surface area (Å²) in [6.07, 6.45) is 3.36. The third-order valence-corrected chi connectivity index (χ3v) is 5.72. The molecule has 4 N–H and O–H groups in total. The van der Waals surface area contributed by atoms with Crippen LogP contribution in [0.4, 0.5) is 4.39 Å². The zero-order valence-electron chi connectivity index (χ0n) is 16.6. The molecule has 0 saturated heterocycles. The molecule has 5 atom stereocenters. The van der Waals surface area contributed by atoms with Crippen LogP contribution in [-0.4, -0.2) is 44.7 Å². The second kappa shape index (κ2) is 11.9. The maximum Gasteiger partial charge on any atom is 0.303 e. The van der Waals surface area contributed by atoms with Gasteiger partial charge in [-0.1, -0.05) is 43.2 Å². The number of carboxylic acid groups (broad SMARTS) is 1. The van der Waals surface area contributed by atoms with E-state index in [1.807, 2.05) is 0 Å². The molecule has 1 aromatic rings. The highest BCUT2D eigenvalue weighted by atomic mass is 19.1. The van der Waals surface area contributed by atoms with E-state index in [2.05, 4.69) is 11.8 Å². The first kappa shape index (κ1) is 23.3. The van der Waals surface area contributed by atoms with Gasteiger partial charge in [0, 0.05) is 6.42 Å². The van der Waals surface area contributed by atoms with E-state index >= 15 is 0 Å². The van der Waals surface area contributed by atoms with Crippen molar-refractivity contribution < 1.29 is 29.6 Å². The predicted molar refractivity (Wildman–Crippen MR) is 107 cm³/mol. The Labute approximate surface area is 171 Å². The average Bonchev–Trinajstić information content (AvgIpc) is 2.94. The highest BCUT2D eigenvalue weighted by molar-refractivity contribution is 5.66. The molecule has 5 nitrogen and oxygen atoms in total. The first-order valence-corrected chi connectivity index (χ1v) is 10.4. The lowest BCUT2D eigenvalue weighted by atomic mass is 9.85. The first-order valence-electron chi connectivity index (χ1n) is 10.4. The van der Waals surface area contributed by atoms with Crippen LogP contribution >= 0.6 is 0 Å². The summed E-state index contributed by atoms with van der Waals surface area (Å²) in [7, 11) is 0. The van der Waals surface area contributed by atoms with Crippen LogP contribution in [0.25, 0.3) is 0 Å². The van der Waals surface area contributed by atoms with Crippen molar-refractivity contribution in [3.8, 4) is 11.8 Å². The van der Waals surface area contributed by atoms with Gasteiger partial charge in [-0.2, -0.15) is 0 Å². The molecule has 1 aliphatic carbocycles. The second-order valence-corrected chi connectivity index (χ2v) is 7.89. The molecule has 0 radical (unpaired) electrons. The van der Waals surface area contributed by atoms with Crippen LogP contribution in [-0.2, 0) is 4.79 Å². The van der Waals surface area contributed by atoms with Crippen LogP contribution in [0.15, 0.2) is 24.3 Å². The van der Waals surface area contributed by atoms with Gasteiger partial charge < -0.3 is 20.4 Å². The van der Waals surface area contributed by atoms with Gasteiger partial charge in [0.05, 0.1) is 17.8 Å². The van der Waals surface area contributed by atoms with E-state index < -0.39 is 30.1 Å². The van der Waals surface area contributed by atoms with E-state index in [4.69, 9.17) is 5.11 Å². The summed E-state index contributed by atoms with van der Waals surface area (Å²) in [6, 6.07) is 6.13. The van der Waals surface area contributed by atoms with Gasteiger partial charge in [-0.3, -0.25) is 4.79 Å².